The van der Waals surface area contributed by atoms with E-state index in [9.17, 15) is 16.8 Å². The molecule has 0 aromatic heterocycles. The third-order valence-corrected chi connectivity index (χ3v) is 9.33. The SMILES string of the molecule is CO[C@H]1O[C@H]2CO[C@H](c3ccccc3)O[C@@H]2[C@@H](OS(=O)(=O)c2ccc(C)cc2)[C@H]1OS(=O)(=O)c1ccc(C)cc1. The Labute approximate surface area is 234 Å². The monoisotopic (exact) mass is 590 g/mol. The number of aryl methyl sites for hydroxylation is 2. The van der Waals surface area contributed by atoms with Gasteiger partial charge in [0.2, 0.25) is 0 Å². The van der Waals surface area contributed by atoms with Crippen LogP contribution in [-0.4, -0.2) is 61.3 Å². The van der Waals surface area contributed by atoms with E-state index in [4.69, 9.17) is 27.3 Å². The van der Waals surface area contributed by atoms with Crippen LogP contribution in [0.1, 0.15) is 23.0 Å². The molecule has 0 unspecified atom stereocenters. The summed E-state index contributed by atoms with van der Waals surface area (Å²) in [6.07, 6.45) is -7.17. The first-order valence-electron chi connectivity index (χ1n) is 12.6. The van der Waals surface area contributed by atoms with E-state index in [0.29, 0.717) is 5.56 Å². The molecule has 2 aliphatic heterocycles. The molecule has 0 amide bonds. The molecule has 6 atom stereocenters. The molecular weight excluding hydrogens is 560 g/mol. The third-order valence-electron chi connectivity index (χ3n) is 6.68. The minimum atomic E-state index is -4.41. The van der Waals surface area contributed by atoms with Crippen LogP contribution < -0.4 is 0 Å². The van der Waals surface area contributed by atoms with E-state index in [-0.39, 0.29) is 16.4 Å². The van der Waals surface area contributed by atoms with Gasteiger partial charge < -0.3 is 18.9 Å². The van der Waals surface area contributed by atoms with Gasteiger partial charge in [0.15, 0.2) is 18.7 Å². The Hall–Kier alpha value is -2.68. The lowest BCUT2D eigenvalue weighted by molar-refractivity contribution is -0.351. The highest BCUT2D eigenvalue weighted by atomic mass is 32.2. The molecule has 40 heavy (non-hydrogen) atoms. The van der Waals surface area contributed by atoms with Crippen molar-refractivity contribution in [2.45, 2.75) is 60.6 Å². The van der Waals surface area contributed by atoms with Crippen LogP contribution >= 0.6 is 0 Å². The number of methoxy groups -OCH3 is 1. The summed E-state index contributed by atoms with van der Waals surface area (Å²) in [5.41, 5.74) is 2.39. The predicted molar refractivity (Wildman–Crippen MR) is 142 cm³/mol. The van der Waals surface area contributed by atoms with Crippen LogP contribution in [0.2, 0.25) is 0 Å². The quantitative estimate of drug-likeness (QED) is 0.359. The van der Waals surface area contributed by atoms with E-state index in [1.54, 1.807) is 36.4 Å². The van der Waals surface area contributed by atoms with Gasteiger partial charge >= 0.3 is 0 Å². The summed E-state index contributed by atoms with van der Waals surface area (Å²) in [6.45, 7) is 3.65. The highest BCUT2D eigenvalue weighted by Crippen LogP contribution is 2.38. The van der Waals surface area contributed by atoms with Gasteiger partial charge in [0.05, 0.1) is 16.4 Å². The normalized spacial score (nSPS) is 27.2. The van der Waals surface area contributed by atoms with Gasteiger partial charge in [-0.2, -0.15) is 16.8 Å². The van der Waals surface area contributed by atoms with Crippen molar-refractivity contribution in [3.8, 4) is 0 Å². The fourth-order valence-electron chi connectivity index (χ4n) is 4.54. The van der Waals surface area contributed by atoms with E-state index in [1.165, 1.54) is 31.4 Å². The second-order valence-corrected chi connectivity index (χ2v) is 12.8. The lowest BCUT2D eigenvalue weighted by atomic mass is 9.98. The first kappa shape index (κ1) is 28.8. The zero-order valence-electron chi connectivity index (χ0n) is 22.1. The van der Waals surface area contributed by atoms with Crippen molar-refractivity contribution < 1.29 is 44.1 Å². The minimum Gasteiger partial charge on any atom is -0.353 e. The number of rotatable bonds is 8. The van der Waals surface area contributed by atoms with Gasteiger partial charge in [-0.1, -0.05) is 65.7 Å². The molecule has 2 heterocycles. The van der Waals surface area contributed by atoms with Crippen molar-refractivity contribution in [2.24, 2.45) is 0 Å². The lowest BCUT2D eigenvalue weighted by Crippen LogP contribution is -2.64. The molecule has 0 N–H and O–H groups in total. The van der Waals surface area contributed by atoms with Crippen LogP contribution in [0.3, 0.4) is 0 Å². The number of hydrogen-bond acceptors (Lipinski definition) is 10. The van der Waals surface area contributed by atoms with Crippen molar-refractivity contribution in [1.29, 1.82) is 0 Å². The van der Waals surface area contributed by atoms with Crippen LogP contribution in [-0.2, 0) is 47.5 Å². The molecule has 2 saturated heterocycles. The van der Waals surface area contributed by atoms with Gasteiger partial charge in [0, 0.05) is 12.7 Å². The van der Waals surface area contributed by atoms with Gasteiger partial charge in [0.25, 0.3) is 20.2 Å². The summed E-state index contributed by atoms with van der Waals surface area (Å²) in [4.78, 5) is -0.229. The molecule has 3 aromatic carbocycles. The molecule has 0 radical (unpaired) electrons. The number of ether oxygens (including phenoxy) is 4. The number of hydrogen-bond donors (Lipinski definition) is 0. The highest BCUT2D eigenvalue weighted by Gasteiger charge is 2.54. The molecule has 0 saturated carbocycles. The molecule has 2 fully saturated rings. The Balaban J connectivity index is 1.53. The average molecular weight is 591 g/mol. The summed E-state index contributed by atoms with van der Waals surface area (Å²) in [5.74, 6) is 0. The second-order valence-electron chi connectivity index (χ2n) is 9.61. The van der Waals surface area contributed by atoms with Crippen molar-refractivity contribution >= 4 is 20.2 Å². The maximum atomic E-state index is 13.5. The Morgan fingerprint density at radius 1 is 0.700 bits per heavy atom. The van der Waals surface area contributed by atoms with Crippen molar-refractivity contribution in [2.75, 3.05) is 13.7 Å². The minimum absolute atomic E-state index is 0.00591. The van der Waals surface area contributed by atoms with Crippen LogP contribution in [0.5, 0.6) is 0 Å². The van der Waals surface area contributed by atoms with Gasteiger partial charge in [-0.15, -0.1) is 0 Å². The Bertz CT molecular complexity index is 1510. The summed E-state index contributed by atoms with van der Waals surface area (Å²) in [6, 6.07) is 21.2. The zero-order valence-corrected chi connectivity index (χ0v) is 23.7. The molecule has 2 aliphatic rings. The van der Waals surface area contributed by atoms with Crippen molar-refractivity contribution in [3.63, 3.8) is 0 Å². The van der Waals surface area contributed by atoms with Gasteiger partial charge in [-0.25, -0.2) is 0 Å². The summed E-state index contributed by atoms with van der Waals surface area (Å²) >= 11 is 0. The lowest BCUT2D eigenvalue weighted by Gasteiger charge is -2.47. The van der Waals surface area contributed by atoms with E-state index in [2.05, 4.69) is 0 Å². The van der Waals surface area contributed by atoms with Gasteiger partial charge in [-0.05, 0) is 38.1 Å². The molecule has 0 bridgehead atoms. The maximum Gasteiger partial charge on any atom is 0.297 e. The number of fused-ring (bicyclic) bond motifs is 1. The van der Waals surface area contributed by atoms with E-state index >= 15 is 0 Å². The predicted octanol–water partition coefficient (Wildman–Crippen LogP) is 3.64. The standard InChI is InChI=1S/C28H30O10S2/c1-18-9-13-21(14-10-18)39(29,30)37-25-24-23(17-34-27(36-24)20-7-5-4-6-8-20)35-28(33-3)26(25)38-40(31,32)22-15-11-19(2)12-16-22/h4-16,23-28H,17H2,1-3H3/t23-,24-,25+,26+,27-,28-/m0/s1. The Morgan fingerprint density at radius 3 is 1.75 bits per heavy atom. The average Bonchev–Trinajstić information content (AvgIpc) is 2.94. The molecule has 0 aliphatic carbocycles. The largest absolute Gasteiger partial charge is 0.353 e. The maximum absolute atomic E-state index is 13.5. The molecule has 3 aromatic rings. The fourth-order valence-corrected chi connectivity index (χ4v) is 6.71. The molecule has 0 spiro atoms. The third kappa shape index (κ3) is 6.14. The van der Waals surface area contributed by atoms with Crippen LogP contribution in [0.25, 0.3) is 0 Å². The summed E-state index contributed by atoms with van der Waals surface area (Å²) < 4.78 is 88.4. The molecule has 10 nitrogen and oxygen atoms in total. The van der Waals surface area contributed by atoms with Gasteiger partial charge in [-0.3, -0.25) is 8.37 Å². The summed E-state index contributed by atoms with van der Waals surface area (Å²) in [7, 11) is -7.52. The topological polar surface area (TPSA) is 124 Å². The Morgan fingerprint density at radius 2 is 1.23 bits per heavy atom. The van der Waals surface area contributed by atoms with Crippen molar-refractivity contribution in [1.82, 2.24) is 0 Å². The van der Waals surface area contributed by atoms with Gasteiger partial charge in [0.1, 0.15) is 18.3 Å². The molecular formula is C28H30O10S2. The van der Waals surface area contributed by atoms with Crippen molar-refractivity contribution in [3.05, 3.63) is 95.6 Å². The molecule has 5 rings (SSSR count). The second kappa shape index (κ2) is 11.7. The first-order chi connectivity index (χ1) is 19.1. The Kier molecular flexibility index (Phi) is 8.41. The molecule has 12 heteroatoms. The fraction of sp³-hybridized carbons (Fsp3) is 0.357. The summed E-state index contributed by atoms with van der Waals surface area (Å²) in [5, 5.41) is 0. The van der Waals surface area contributed by atoms with Crippen LogP contribution in [0, 0.1) is 13.8 Å². The van der Waals surface area contributed by atoms with E-state index < -0.39 is 57.2 Å². The van der Waals surface area contributed by atoms with Crippen LogP contribution in [0.4, 0.5) is 0 Å². The smallest absolute Gasteiger partial charge is 0.297 e. The number of benzene rings is 3. The zero-order chi connectivity index (χ0) is 28.5. The molecule has 214 valence electrons. The highest BCUT2D eigenvalue weighted by molar-refractivity contribution is 7.87. The van der Waals surface area contributed by atoms with E-state index in [1.807, 2.05) is 32.0 Å². The van der Waals surface area contributed by atoms with Crippen LogP contribution in [0.15, 0.2) is 88.7 Å². The van der Waals surface area contributed by atoms with E-state index in [0.717, 1.165) is 11.1 Å². The first-order valence-corrected chi connectivity index (χ1v) is 15.4.